The maximum Gasteiger partial charge on any atom is 0.271 e. The minimum atomic E-state index is -0.595. The van der Waals surface area contributed by atoms with Gasteiger partial charge in [-0.15, -0.1) is 0 Å². The number of nitrogens with zero attached hydrogens (tertiary/aromatic N) is 2. The summed E-state index contributed by atoms with van der Waals surface area (Å²) >= 11 is 5.77. The van der Waals surface area contributed by atoms with E-state index in [9.17, 15) is 19.7 Å². The van der Waals surface area contributed by atoms with E-state index in [2.05, 4.69) is 0 Å². The molecule has 0 N–H and O–H groups in total. The zero-order valence-electron chi connectivity index (χ0n) is 9.97. The number of non-ortho nitro benzene ring substituents is 1. The van der Waals surface area contributed by atoms with E-state index in [1.54, 1.807) is 0 Å². The first-order chi connectivity index (χ1) is 8.97. The summed E-state index contributed by atoms with van der Waals surface area (Å²) in [4.78, 5) is 34.9. The Hall–Kier alpha value is -1.95. The highest BCUT2D eigenvalue weighted by Crippen LogP contribution is 2.22. The van der Waals surface area contributed by atoms with E-state index >= 15 is 0 Å². The second kappa shape index (κ2) is 5.36. The average molecular weight is 283 g/mol. The summed E-state index contributed by atoms with van der Waals surface area (Å²) in [6.07, 6.45) is 0.656. The fourth-order valence-electron chi connectivity index (χ4n) is 1.94. The van der Waals surface area contributed by atoms with Crippen molar-refractivity contribution in [3.63, 3.8) is 0 Å². The number of hydrogen-bond donors (Lipinski definition) is 0. The Morgan fingerprint density at radius 2 is 1.89 bits per heavy atom. The molecule has 0 unspecified atom stereocenters. The van der Waals surface area contributed by atoms with E-state index in [4.69, 9.17) is 11.6 Å². The number of hydrogen-bond acceptors (Lipinski definition) is 4. The van der Waals surface area contributed by atoms with Crippen LogP contribution in [0.2, 0.25) is 5.02 Å². The number of halogens is 1. The minimum Gasteiger partial charge on any atom is -0.338 e. The molecule has 1 saturated heterocycles. The van der Waals surface area contributed by atoms with Crippen LogP contribution in [0.3, 0.4) is 0 Å². The van der Waals surface area contributed by atoms with Gasteiger partial charge in [-0.1, -0.05) is 11.6 Å². The molecule has 100 valence electrons. The van der Waals surface area contributed by atoms with Crippen molar-refractivity contribution in [3.8, 4) is 0 Å². The van der Waals surface area contributed by atoms with Gasteiger partial charge in [-0.25, -0.2) is 0 Å². The van der Waals surface area contributed by atoms with Crippen LogP contribution in [0.4, 0.5) is 5.69 Å². The first kappa shape index (κ1) is 13.5. The molecule has 1 aliphatic heterocycles. The number of likely N-dealkylation sites (tertiary alicyclic amines) is 1. The van der Waals surface area contributed by atoms with Crippen LogP contribution in [-0.2, 0) is 4.79 Å². The van der Waals surface area contributed by atoms with Crippen LogP contribution in [0.15, 0.2) is 18.2 Å². The van der Waals surface area contributed by atoms with E-state index in [0.717, 1.165) is 0 Å². The number of Topliss-reactive ketones (excluding diaryl/α,β-unsaturated/α-hetero) is 1. The smallest absolute Gasteiger partial charge is 0.271 e. The largest absolute Gasteiger partial charge is 0.338 e. The first-order valence-electron chi connectivity index (χ1n) is 5.73. The van der Waals surface area contributed by atoms with E-state index in [-0.39, 0.29) is 28.0 Å². The number of carbonyl (C=O) groups is 2. The number of amides is 1. The Kier molecular flexibility index (Phi) is 3.80. The highest BCUT2D eigenvalue weighted by atomic mass is 35.5. The van der Waals surface area contributed by atoms with Crippen LogP contribution in [0.1, 0.15) is 23.2 Å². The Morgan fingerprint density at radius 1 is 1.26 bits per heavy atom. The molecule has 1 aromatic carbocycles. The van der Waals surface area contributed by atoms with Gasteiger partial charge < -0.3 is 4.90 Å². The van der Waals surface area contributed by atoms with Crippen molar-refractivity contribution in [1.82, 2.24) is 4.90 Å². The first-order valence-corrected chi connectivity index (χ1v) is 6.11. The number of ketones is 1. The van der Waals surface area contributed by atoms with E-state index in [1.165, 1.54) is 23.1 Å². The van der Waals surface area contributed by atoms with Gasteiger partial charge in [0.1, 0.15) is 5.78 Å². The molecule has 0 radical (unpaired) electrons. The van der Waals surface area contributed by atoms with Crippen molar-refractivity contribution in [2.45, 2.75) is 12.8 Å². The van der Waals surface area contributed by atoms with Crippen LogP contribution < -0.4 is 0 Å². The standard InChI is InChI=1S/C12H11ClN2O4/c13-9-5-8(6-10(7-9)15(18)19)12(17)14-3-1-11(16)2-4-14/h5-7H,1-4H2. The van der Waals surface area contributed by atoms with Crippen molar-refractivity contribution in [2.24, 2.45) is 0 Å². The Labute approximate surface area is 114 Å². The Bertz CT molecular complexity index is 549. The van der Waals surface area contributed by atoms with Gasteiger partial charge in [0.2, 0.25) is 0 Å². The van der Waals surface area contributed by atoms with Gasteiger partial charge in [0.05, 0.1) is 4.92 Å². The molecular formula is C12H11ClN2O4. The number of rotatable bonds is 2. The lowest BCUT2D eigenvalue weighted by atomic mass is 10.1. The summed E-state index contributed by atoms with van der Waals surface area (Å²) in [6.45, 7) is 0.690. The third kappa shape index (κ3) is 3.08. The molecule has 0 atom stereocenters. The zero-order chi connectivity index (χ0) is 14.0. The van der Waals surface area contributed by atoms with E-state index in [0.29, 0.717) is 25.9 Å². The fourth-order valence-corrected chi connectivity index (χ4v) is 2.17. The third-order valence-corrected chi connectivity index (χ3v) is 3.17. The molecule has 0 aliphatic carbocycles. The van der Waals surface area contributed by atoms with E-state index < -0.39 is 4.92 Å². The van der Waals surface area contributed by atoms with Gasteiger partial charge in [0, 0.05) is 48.6 Å². The summed E-state index contributed by atoms with van der Waals surface area (Å²) in [5.74, 6) is -0.209. The molecule has 0 spiro atoms. The van der Waals surface area contributed by atoms with Gasteiger partial charge in [-0.05, 0) is 6.07 Å². The van der Waals surface area contributed by atoms with Gasteiger partial charge in [-0.3, -0.25) is 19.7 Å². The van der Waals surface area contributed by atoms with Crippen molar-refractivity contribution in [1.29, 1.82) is 0 Å². The number of nitro benzene ring substituents is 1. The van der Waals surface area contributed by atoms with Gasteiger partial charge in [0.15, 0.2) is 0 Å². The molecule has 0 saturated carbocycles. The highest BCUT2D eigenvalue weighted by molar-refractivity contribution is 6.31. The van der Waals surface area contributed by atoms with Crippen LogP contribution >= 0.6 is 11.6 Å². The maximum absolute atomic E-state index is 12.2. The molecule has 0 bridgehead atoms. The second-order valence-corrected chi connectivity index (χ2v) is 4.72. The second-order valence-electron chi connectivity index (χ2n) is 4.29. The topological polar surface area (TPSA) is 80.5 Å². The summed E-state index contributed by atoms with van der Waals surface area (Å²) in [5, 5.41) is 10.9. The van der Waals surface area contributed by atoms with Gasteiger partial charge >= 0.3 is 0 Å². The molecule has 6 nitrogen and oxygen atoms in total. The third-order valence-electron chi connectivity index (χ3n) is 2.95. The maximum atomic E-state index is 12.2. The number of benzene rings is 1. The highest BCUT2D eigenvalue weighted by Gasteiger charge is 2.23. The lowest BCUT2D eigenvalue weighted by molar-refractivity contribution is -0.384. The van der Waals surface area contributed by atoms with Crippen LogP contribution in [0, 0.1) is 10.1 Å². The lowest BCUT2D eigenvalue weighted by Crippen LogP contribution is -2.38. The van der Waals surface area contributed by atoms with Crippen LogP contribution in [0.25, 0.3) is 0 Å². The molecule has 1 aromatic rings. The van der Waals surface area contributed by atoms with Gasteiger partial charge in [0.25, 0.3) is 11.6 Å². The number of nitro groups is 1. The molecule has 1 fully saturated rings. The van der Waals surface area contributed by atoms with Crippen molar-refractivity contribution < 1.29 is 14.5 Å². The minimum absolute atomic E-state index is 0.126. The average Bonchev–Trinajstić information content (AvgIpc) is 2.38. The quantitative estimate of drug-likeness (QED) is 0.614. The van der Waals surface area contributed by atoms with Crippen molar-refractivity contribution in [2.75, 3.05) is 13.1 Å². The Balaban J connectivity index is 2.23. The monoisotopic (exact) mass is 282 g/mol. The fraction of sp³-hybridized carbons (Fsp3) is 0.333. The molecule has 1 heterocycles. The summed E-state index contributed by atoms with van der Waals surface area (Å²) in [6, 6.07) is 3.79. The van der Waals surface area contributed by atoms with E-state index in [1.807, 2.05) is 0 Å². The van der Waals surface area contributed by atoms with Gasteiger partial charge in [-0.2, -0.15) is 0 Å². The summed E-state index contributed by atoms with van der Waals surface area (Å²) < 4.78 is 0. The van der Waals surface area contributed by atoms with Crippen molar-refractivity contribution in [3.05, 3.63) is 38.9 Å². The molecule has 1 amide bonds. The summed E-state index contributed by atoms with van der Waals surface area (Å²) in [7, 11) is 0. The molecule has 7 heteroatoms. The normalized spacial score (nSPS) is 15.4. The molecular weight excluding hydrogens is 272 g/mol. The number of piperidine rings is 1. The van der Waals surface area contributed by atoms with Crippen LogP contribution in [0.5, 0.6) is 0 Å². The predicted molar refractivity (Wildman–Crippen MR) is 68.3 cm³/mol. The zero-order valence-corrected chi connectivity index (χ0v) is 10.7. The molecule has 1 aliphatic rings. The molecule has 0 aromatic heterocycles. The van der Waals surface area contributed by atoms with Crippen molar-refractivity contribution >= 4 is 29.0 Å². The molecule has 2 rings (SSSR count). The Morgan fingerprint density at radius 3 is 2.47 bits per heavy atom. The molecule has 19 heavy (non-hydrogen) atoms. The predicted octanol–water partition coefficient (Wildman–Crippen LogP) is 2.05. The SMILES string of the molecule is O=C1CCN(C(=O)c2cc(Cl)cc([N+](=O)[O-])c2)CC1. The lowest BCUT2D eigenvalue weighted by Gasteiger charge is -2.26. The number of carbonyl (C=O) groups excluding carboxylic acids is 2. The summed E-state index contributed by atoms with van der Waals surface area (Å²) in [5.41, 5.74) is -0.0440. The van der Waals surface area contributed by atoms with Crippen LogP contribution in [-0.4, -0.2) is 34.6 Å².